The second-order valence-corrected chi connectivity index (χ2v) is 3.11. The van der Waals surface area contributed by atoms with Crippen LogP contribution in [-0.4, -0.2) is 12.6 Å². The van der Waals surface area contributed by atoms with E-state index in [4.69, 9.17) is 10.5 Å². The second-order valence-electron chi connectivity index (χ2n) is 3.11. The molecule has 12 heavy (non-hydrogen) atoms. The summed E-state index contributed by atoms with van der Waals surface area (Å²) in [5.41, 5.74) is 7.38. The molecular formula is C9H12N2O. The summed E-state index contributed by atoms with van der Waals surface area (Å²) in [7, 11) is 0. The molecule has 0 saturated heterocycles. The first-order valence-corrected chi connectivity index (χ1v) is 4.04. The smallest absolute Gasteiger partial charge is 0.144 e. The Labute approximate surface area is 71.5 Å². The van der Waals surface area contributed by atoms with E-state index in [2.05, 4.69) is 12.2 Å². The predicted molar refractivity (Wildman–Crippen MR) is 49.4 cm³/mol. The number of hydrogen-bond donors (Lipinski definition) is 2. The van der Waals surface area contributed by atoms with Gasteiger partial charge in [0.05, 0.1) is 11.7 Å². The molecule has 1 aromatic rings. The van der Waals surface area contributed by atoms with Crippen LogP contribution >= 0.6 is 0 Å². The topological polar surface area (TPSA) is 47.3 Å². The minimum Gasteiger partial charge on any atom is -0.489 e. The van der Waals surface area contributed by atoms with Crippen molar-refractivity contribution in [2.75, 3.05) is 17.7 Å². The number of rotatable bonds is 0. The zero-order valence-corrected chi connectivity index (χ0v) is 7.00. The maximum atomic E-state index is 5.61. The quantitative estimate of drug-likeness (QED) is 0.571. The molecule has 0 radical (unpaired) electrons. The third-order valence-corrected chi connectivity index (χ3v) is 1.90. The molecule has 1 aromatic carbocycles. The van der Waals surface area contributed by atoms with Crippen LogP contribution in [0.3, 0.4) is 0 Å². The Hall–Kier alpha value is -1.38. The van der Waals surface area contributed by atoms with Crippen LogP contribution in [0.4, 0.5) is 11.4 Å². The Bertz CT molecular complexity index is 299. The minimum atomic E-state index is 0.376. The lowest BCUT2D eigenvalue weighted by Gasteiger charge is -2.24. The molecule has 0 bridgehead atoms. The normalized spacial score (nSPS) is 20.6. The molecule has 0 aliphatic carbocycles. The van der Waals surface area contributed by atoms with Crippen molar-refractivity contribution >= 4 is 11.4 Å². The van der Waals surface area contributed by atoms with E-state index in [1.54, 1.807) is 0 Å². The van der Waals surface area contributed by atoms with Crippen molar-refractivity contribution in [2.45, 2.75) is 13.0 Å². The highest BCUT2D eigenvalue weighted by Gasteiger charge is 2.14. The Balaban J connectivity index is 2.37. The van der Waals surface area contributed by atoms with Gasteiger partial charge in [0, 0.05) is 11.8 Å². The van der Waals surface area contributed by atoms with E-state index in [-0.39, 0.29) is 0 Å². The van der Waals surface area contributed by atoms with Crippen molar-refractivity contribution < 1.29 is 4.74 Å². The van der Waals surface area contributed by atoms with Gasteiger partial charge in [-0.1, -0.05) is 0 Å². The van der Waals surface area contributed by atoms with E-state index < -0.39 is 0 Å². The standard InChI is InChI=1S/C9H12N2O/c1-6-5-12-9-4-7(10)2-3-8(9)11-6/h2-4,6,11H,5,10H2,1H3. The molecule has 3 heteroatoms. The zero-order chi connectivity index (χ0) is 8.55. The molecule has 1 atom stereocenters. The van der Waals surface area contributed by atoms with E-state index in [1.165, 1.54) is 0 Å². The lowest BCUT2D eigenvalue weighted by molar-refractivity contribution is 0.292. The van der Waals surface area contributed by atoms with Gasteiger partial charge in [0.25, 0.3) is 0 Å². The lowest BCUT2D eigenvalue weighted by Crippen LogP contribution is -2.28. The summed E-state index contributed by atoms with van der Waals surface area (Å²) in [5.74, 6) is 0.855. The predicted octanol–water partition coefficient (Wildman–Crippen LogP) is 1.46. The summed E-state index contributed by atoms with van der Waals surface area (Å²) in [6.07, 6.45) is 0. The van der Waals surface area contributed by atoms with Crippen LogP contribution in [0.2, 0.25) is 0 Å². The van der Waals surface area contributed by atoms with Crippen LogP contribution in [0.15, 0.2) is 18.2 Å². The van der Waals surface area contributed by atoms with Crippen molar-refractivity contribution in [1.29, 1.82) is 0 Å². The first-order chi connectivity index (χ1) is 5.75. The van der Waals surface area contributed by atoms with Gasteiger partial charge in [0.15, 0.2) is 0 Å². The fourth-order valence-corrected chi connectivity index (χ4v) is 1.30. The molecule has 1 heterocycles. The van der Waals surface area contributed by atoms with Gasteiger partial charge < -0.3 is 15.8 Å². The van der Waals surface area contributed by atoms with Gasteiger partial charge in [-0.3, -0.25) is 0 Å². The Morgan fingerprint density at radius 2 is 2.42 bits per heavy atom. The highest BCUT2D eigenvalue weighted by molar-refractivity contribution is 5.63. The van der Waals surface area contributed by atoms with E-state index in [0.717, 1.165) is 17.1 Å². The van der Waals surface area contributed by atoms with Crippen LogP contribution in [0.1, 0.15) is 6.92 Å². The number of hydrogen-bond acceptors (Lipinski definition) is 3. The monoisotopic (exact) mass is 164 g/mol. The number of nitrogens with two attached hydrogens (primary N) is 1. The molecule has 0 saturated carbocycles. The largest absolute Gasteiger partial charge is 0.489 e. The van der Waals surface area contributed by atoms with Gasteiger partial charge >= 0.3 is 0 Å². The third-order valence-electron chi connectivity index (χ3n) is 1.90. The van der Waals surface area contributed by atoms with Crippen LogP contribution in [-0.2, 0) is 0 Å². The molecule has 0 fully saturated rings. The van der Waals surface area contributed by atoms with Crippen LogP contribution in [0, 0.1) is 0 Å². The van der Waals surface area contributed by atoms with E-state index >= 15 is 0 Å². The second kappa shape index (κ2) is 2.59. The van der Waals surface area contributed by atoms with Crippen molar-refractivity contribution in [3.63, 3.8) is 0 Å². The van der Waals surface area contributed by atoms with Crippen molar-refractivity contribution in [1.82, 2.24) is 0 Å². The number of benzene rings is 1. The Morgan fingerprint density at radius 1 is 1.58 bits per heavy atom. The van der Waals surface area contributed by atoms with Crippen molar-refractivity contribution in [3.8, 4) is 5.75 Å². The van der Waals surface area contributed by atoms with Crippen LogP contribution < -0.4 is 15.8 Å². The molecule has 0 spiro atoms. The van der Waals surface area contributed by atoms with Gasteiger partial charge in [0.2, 0.25) is 0 Å². The van der Waals surface area contributed by atoms with Gasteiger partial charge in [-0.15, -0.1) is 0 Å². The molecular weight excluding hydrogens is 152 g/mol. The summed E-state index contributed by atoms with van der Waals surface area (Å²) in [4.78, 5) is 0. The molecule has 1 unspecified atom stereocenters. The SMILES string of the molecule is CC1COc2cc(N)ccc2N1. The van der Waals surface area contributed by atoms with Crippen molar-refractivity contribution in [3.05, 3.63) is 18.2 Å². The van der Waals surface area contributed by atoms with Gasteiger partial charge in [-0.2, -0.15) is 0 Å². The maximum absolute atomic E-state index is 5.61. The van der Waals surface area contributed by atoms with Gasteiger partial charge in [0.1, 0.15) is 12.4 Å². The fraction of sp³-hybridized carbons (Fsp3) is 0.333. The Kier molecular flexibility index (Phi) is 1.57. The average Bonchev–Trinajstić information content (AvgIpc) is 2.05. The van der Waals surface area contributed by atoms with Crippen molar-refractivity contribution in [2.24, 2.45) is 0 Å². The van der Waals surface area contributed by atoms with E-state index in [1.807, 2.05) is 18.2 Å². The summed E-state index contributed by atoms with van der Waals surface area (Å²) < 4.78 is 5.47. The van der Waals surface area contributed by atoms with Crippen LogP contribution in [0.5, 0.6) is 5.75 Å². The minimum absolute atomic E-state index is 0.376. The van der Waals surface area contributed by atoms with E-state index in [9.17, 15) is 0 Å². The first-order valence-electron chi connectivity index (χ1n) is 4.04. The molecule has 0 amide bonds. The number of fused-ring (bicyclic) bond motifs is 1. The zero-order valence-electron chi connectivity index (χ0n) is 7.00. The molecule has 2 rings (SSSR count). The summed E-state index contributed by atoms with van der Waals surface area (Å²) in [5, 5.41) is 3.31. The van der Waals surface area contributed by atoms with Gasteiger partial charge in [-0.25, -0.2) is 0 Å². The summed E-state index contributed by atoms with van der Waals surface area (Å²) in [6.45, 7) is 2.79. The third kappa shape index (κ3) is 1.18. The molecule has 0 aromatic heterocycles. The maximum Gasteiger partial charge on any atom is 0.144 e. The molecule has 1 aliphatic heterocycles. The van der Waals surface area contributed by atoms with Crippen LogP contribution in [0.25, 0.3) is 0 Å². The fourth-order valence-electron chi connectivity index (χ4n) is 1.30. The van der Waals surface area contributed by atoms with Gasteiger partial charge in [-0.05, 0) is 19.1 Å². The summed E-state index contributed by atoms with van der Waals surface area (Å²) in [6, 6.07) is 6.03. The first kappa shape index (κ1) is 7.28. The molecule has 1 aliphatic rings. The number of nitrogen functional groups attached to an aromatic ring is 1. The number of nitrogens with one attached hydrogen (secondary N) is 1. The molecule has 64 valence electrons. The molecule has 3 N–H and O–H groups in total. The number of anilines is 2. The number of ether oxygens (including phenoxy) is 1. The Morgan fingerprint density at radius 3 is 3.25 bits per heavy atom. The average molecular weight is 164 g/mol. The highest BCUT2D eigenvalue weighted by Crippen LogP contribution is 2.30. The summed E-state index contributed by atoms with van der Waals surface area (Å²) >= 11 is 0. The highest BCUT2D eigenvalue weighted by atomic mass is 16.5. The van der Waals surface area contributed by atoms with E-state index in [0.29, 0.717) is 12.6 Å². The lowest BCUT2D eigenvalue weighted by atomic mass is 10.2. The molecule has 3 nitrogen and oxygen atoms in total.